The van der Waals surface area contributed by atoms with Gasteiger partial charge in [-0.05, 0) is 56.7 Å². The van der Waals surface area contributed by atoms with E-state index in [1.165, 1.54) is 7.11 Å². The maximum absolute atomic E-state index is 13.4. The fraction of sp³-hybridized carbons (Fsp3) is 0.233. The number of nitrogens with one attached hydrogen (secondary N) is 1. The predicted octanol–water partition coefficient (Wildman–Crippen LogP) is 5.35. The number of aromatic nitrogens is 3. The Hall–Kier alpha value is -4.01. The second-order valence-electron chi connectivity index (χ2n) is 9.41. The highest BCUT2D eigenvalue weighted by Crippen LogP contribution is 2.39. The highest BCUT2D eigenvalue weighted by Gasteiger charge is 2.32. The van der Waals surface area contributed by atoms with Crippen LogP contribution in [0.15, 0.2) is 47.5 Å². The Labute approximate surface area is 258 Å². The van der Waals surface area contributed by atoms with Crippen molar-refractivity contribution in [1.82, 2.24) is 14.8 Å². The van der Waals surface area contributed by atoms with E-state index in [1.807, 2.05) is 35.8 Å². The Morgan fingerprint density at radius 2 is 1.88 bits per heavy atom. The molecule has 12 heteroatoms. The average Bonchev–Trinajstić information content (AvgIpc) is 3.44. The second-order valence-corrected chi connectivity index (χ2v) is 11.1. The molecule has 0 unspecified atom stereocenters. The van der Waals surface area contributed by atoms with Crippen LogP contribution in [0.1, 0.15) is 61.6 Å². The van der Waals surface area contributed by atoms with E-state index < -0.39 is 12.0 Å². The first-order valence-corrected chi connectivity index (χ1v) is 14.0. The topological polar surface area (TPSA) is 124 Å². The van der Waals surface area contributed by atoms with Crippen LogP contribution in [0, 0.1) is 32.6 Å². The number of ether oxygens (including phenoxy) is 1. The largest absolute Gasteiger partial charge is 0.465 e. The van der Waals surface area contributed by atoms with Gasteiger partial charge in [-0.3, -0.25) is 14.4 Å². The molecule has 1 amide bonds. The highest BCUT2D eigenvalue weighted by atomic mass is 35.5. The normalized spacial score (nSPS) is 13.4. The molecule has 5 rings (SSSR count). The molecule has 42 heavy (non-hydrogen) atoms. The fourth-order valence-corrected chi connectivity index (χ4v) is 6.02. The van der Waals surface area contributed by atoms with Crippen molar-refractivity contribution in [2.75, 3.05) is 19.0 Å². The summed E-state index contributed by atoms with van der Waals surface area (Å²) in [6, 6.07) is 11.7. The number of aliphatic imine (C=N–C) groups is 1. The van der Waals surface area contributed by atoms with Gasteiger partial charge in [0.05, 0.1) is 31.4 Å². The number of hydrogen-bond acceptors (Lipinski definition) is 8. The minimum Gasteiger partial charge on any atom is -0.465 e. The van der Waals surface area contributed by atoms with Crippen LogP contribution in [0.25, 0.3) is 5.00 Å². The summed E-state index contributed by atoms with van der Waals surface area (Å²) in [6.45, 7) is 6.17. The Balaban J connectivity index is 0.00000405. The number of fused-ring (bicyclic) bond motifs is 3. The highest BCUT2D eigenvalue weighted by molar-refractivity contribution is 7.15. The van der Waals surface area contributed by atoms with E-state index in [0.717, 1.165) is 32.3 Å². The molecular formula is C30H28Cl2N6O3S. The molecule has 0 saturated heterocycles. The summed E-state index contributed by atoms with van der Waals surface area (Å²) in [7, 11) is 1.30. The number of rotatable bonds is 5. The number of amides is 1. The van der Waals surface area contributed by atoms with Gasteiger partial charge < -0.3 is 15.8 Å². The van der Waals surface area contributed by atoms with Gasteiger partial charge in [0, 0.05) is 32.3 Å². The van der Waals surface area contributed by atoms with Crippen LogP contribution < -0.4 is 11.1 Å². The summed E-state index contributed by atoms with van der Waals surface area (Å²) in [6.07, 6.45) is 0.00472. The lowest BCUT2D eigenvalue weighted by atomic mass is 9.99. The lowest BCUT2D eigenvalue weighted by molar-refractivity contribution is -0.116. The molecular weight excluding hydrogens is 595 g/mol. The van der Waals surface area contributed by atoms with Crippen molar-refractivity contribution in [3.8, 4) is 16.8 Å². The Bertz CT molecular complexity index is 1770. The van der Waals surface area contributed by atoms with Crippen LogP contribution in [0.4, 0.5) is 5.69 Å². The SMILES string of the molecule is COC(=O)c1ccc(NC(=O)C[C@@H]2N=C(c3ccc(Cl)cc3)c3c(sc(C)c3C)-n3c(C)nnc32)cc1C#CCN.Cl. The zero-order valence-corrected chi connectivity index (χ0v) is 25.7. The number of nitrogens with two attached hydrogens (primary N) is 1. The van der Waals surface area contributed by atoms with E-state index in [2.05, 4.69) is 41.2 Å². The number of halogens is 2. The molecule has 4 aromatic rings. The van der Waals surface area contributed by atoms with Gasteiger partial charge in [0.2, 0.25) is 5.91 Å². The summed E-state index contributed by atoms with van der Waals surface area (Å²) in [5.74, 6) is 6.09. The van der Waals surface area contributed by atoms with Crippen molar-refractivity contribution in [1.29, 1.82) is 0 Å². The van der Waals surface area contributed by atoms with Gasteiger partial charge in [-0.2, -0.15) is 0 Å². The van der Waals surface area contributed by atoms with Crippen molar-refractivity contribution >= 4 is 58.6 Å². The number of esters is 1. The summed E-state index contributed by atoms with van der Waals surface area (Å²) in [4.78, 5) is 31.9. The number of nitrogens with zero attached hydrogens (tertiary/aromatic N) is 4. The third-order valence-electron chi connectivity index (χ3n) is 6.77. The third kappa shape index (κ3) is 5.96. The molecule has 2 aromatic carbocycles. The molecule has 2 aromatic heterocycles. The summed E-state index contributed by atoms with van der Waals surface area (Å²) in [5.41, 5.74) is 10.4. The predicted molar refractivity (Wildman–Crippen MR) is 167 cm³/mol. The summed E-state index contributed by atoms with van der Waals surface area (Å²) < 4.78 is 6.85. The molecule has 0 aliphatic carbocycles. The minimum absolute atomic E-state index is 0. The van der Waals surface area contributed by atoms with Gasteiger partial charge in [-0.1, -0.05) is 35.6 Å². The van der Waals surface area contributed by atoms with E-state index >= 15 is 0 Å². The molecule has 0 fully saturated rings. The lowest BCUT2D eigenvalue weighted by Crippen LogP contribution is -2.17. The molecule has 1 aliphatic heterocycles. The number of carbonyl (C=O) groups excluding carboxylic acids is 2. The van der Waals surface area contributed by atoms with Crippen LogP contribution in [0.2, 0.25) is 5.02 Å². The zero-order valence-electron chi connectivity index (χ0n) is 23.3. The standard InChI is InChI=1S/C30H27ClN6O3S.ClH/c1-16-17(2)41-29-26(16)27(19-7-9-21(31)10-8-19)34-24(28-36-35-18(3)37(28)29)15-25(38)33-22-11-12-23(30(39)40-4)20(14-22)6-5-13-32;/h7-12,14,24H,13,15,32H2,1-4H3,(H,33,38);1H/t24-;/m0./s1. The smallest absolute Gasteiger partial charge is 0.339 e. The first kappa shape index (κ1) is 30.9. The first-order valence-electron chi connectivity index (χ1n) is 12.8. The maximum Gasteiger partial charge on any atom is 0.339 e. The molecule has 3 heterocycles. The minimum atomic E-state index is -0.618. The summed E-state index contributed by atoms with van der Waals surface area (Å²) >= 11 is 7.84. The van der Waals surface area contributed by atoms with Crippen molar-refractivity contribution in [2.45, 2.75) is 33.2 Å². The quantitative estimate of drug-likeness (QED) is 0.228. The molecule has 3 N–H and O–H groups in total. The van der Waals surface area contributed by atoms with E-state index in [4.69, 9.17) is 27.1 Å². The van der Waals surface area contributed by atoms with Crippen LogP contribution in [-0.2, 0) is 9.53 Å². The van der Waals surface area contributed by atoms with Gasteiger partial charge in [0.1, 0.15) is 16.9 Å². The number of methoxy groups -OCH3 is 1. The van der Waals surface area contributed by atoms with E-state index in [-0.39, 0.29) is 36.8 Å². The van der Waals surface area contributed by atoms with Gasteiger partial charge in [0.15, 0.2) is 5.82 Å². The van der Waals surface area contributed by atoms with Gasteiger partial charge in [0.25, 0.3) is 0 Å². The van der Waals surface area contributed by atoms with Gasteiger partial charge in [-0.25, -0.2) is 4.79 Å². The van der Waals surface area contributed by atoms with E-state index in [9.17, 15) is 9.59 Å². The van der Waals surface area contributed by atoms with Gasteiger partial charge in [-0.15, -0.1) is 33.9 Å². The van der Waals surface area contributed by atoms with Crippen LogP contribution >= 0.6 is 35.3 Å². The van der Waals surface area contributed by atoms with Crippen LogP contribution in [-0.4, -0.2) is 46.0 Å². The zero-order chi connectivity index (χ0) is 29.3. The van der Waals surface area contributed by atoms with Crippen molar-refractivity contribution in [2.24, 2.45) is 10.7 Å². The van der Waals surface area contributed by atoms with Crippen molar-refractivity contribution in [3.63, 3.8) is 0 Å². The molecule has 0 radical (unpaired) electrons. The number of thiophene rings is 1. The fourth-order valence-electron chi connectivity index (χ4n) is 4.68. The first-order chi connectivity index (χ1) is 19.7. The monoisotopic (exact) mass is 622 g/mol. The Kier molecular flexibility index (Phi) is 9.49. The van der Waals surface area contributed by atoms with Crippen LogP contribution in [0.3, 0.4) is 0 Å². The summed E-state index contributed by atoms with van der Waals surface area (Å²) in [5, 5.41) is 13.3. The number of carbonyl (C=O) groups is 2. The van der Waals surface area contributed by atoms with E-state index in [1.54, 1.807) is 29.5 Å². The second kappa shape index (κ2) is 12.9. The van der Waals surface area contributed by atoms with Crippen molar-refractivity contribution in [3.05, 3.63) is 91.8 Å². The lowest BCUT2D eigenvalue weighted by Gasteiger charge is -2.14. The molecule has 9 nitrogen and oxygen atoms in total. The molecule has 0 spiro atoms. The molecule has 0 saturated carbocycles. The number of hydrogen-bond donors (Lipinski definition) is 2. The number of aryl methyl sites for hydroxylation is 2. The van der Waals surface area contributed by atoms with Crippen molar-refractivity contribution < 1.29 is 14.3 Å². The average molecular weight is 624 g/mol. The Morgan fingerprint density at radius 1 is 1.14 bits per heavy atom. The molecule has 0 bridgehead atoms. The molecule has 1 aliphatic rings. The maximum atomic E-state index is 13.4. The van der Waals surface area contributed by atoms with E-state index in [0.29, 0.717) is 27.9 Å². The third-order valence-corrected chi connectivity index (χ3v) is 8.21. The number of anilines is 1. The molecule has 216 valence electrons. The number of benzene rings is 2. The van der Waals surface area contributed by atoms with Crippen LogP contribution in [0.5, 0.6) is 0 Å². The Morgan fingerprint density at radius 3 is 2.57 bits per heavy atom. The molecule has 1 atom stereocenters. The van der Waals surface area contributed by atoms with Gasteiger partial charge >= 0.3 is 5.97 Å².